The summed E-state index contributed by atoms with van der Waals surface area (Å²) in [4.78, 5) is 26.2. The predicted octanol–water partition coefficient (Wildman–Crippen LogP) is 1.11. The molecule has 5 nitrogen and oxygen atoms in total. The van der Waals surface area contributed by atoms with Gasteiger partial charge in [-0.3, -0.25) is 9.59 Å². The number of benzene rings is 1. The van der Waals surface area contributed by atoms with Crippen LogP contribution in [0.15, 0.2) is 30.3 Å². The van der Waals surface area contributed by atoms with Crippen molar-refractivity contribution in [3.05, 3.63) is 35.9 Å². The van der Waals surface area contributed by atoms with E-state index in [1.54, 1.807) is 4.90 Å². The molecule has 5 heteroatoms. The molecule has 112 valence electrons. The third kappa shape index (κ3) is 2.93. The molecule has 21 heavy (non-hydrogen) atoms. The number of nitrogens with one attached hydrogen (secondary N) is 1. The molecule has 0 saturated carbocycles. The minimum atomic E-state index is -0.565. The van der Waals surface area contributed by atoms with Crippen molar-refractivity contribution in [3.8, 4) is 0 Å². The number of amides is 2. The lowest BCUT2D eigenvalue weighted by molar-refractivity contribution is -0.145. The van der Waals surface area contributed by atoms with Crippen LogP contribution in [0.1, 0.15) is 24.9 Å². The summed E-state index contributed by atoms with van der Waals surface area (Å²) in [6.07, 6.45) is 1.10. The lowest BCUT2D eigenvalue weighted by Crippen LogP contribution is -2.54. The van der Waals surface area contributed by atoms with Gasteiger partial charge >= 0.3 is 0 Å². The number of rotatable bonds is 3. The predicted molar refractivity (Wildman–Crippen MR) is 77.4 cm³/mol. The minimum absolute atomic E-state index is 0.0279. The number of piperazine rings is 1. The average molecular weight is 288 g/mol. The molecule has 2 amide bonds. The Morgan fingerprint density at radius 1 is 1.29 bits per heavy atom. The number of ether oxygens (including phenoxy) is 1. The molecule has 1 aromatic carbocycles. The van der Waals surface area contributed by atoms with Crippen LogP contribution in [0.25, 0.3) is 0 Å². The molecule has 0 spiro atoms. The van der Waals surface area contributed by atoms with Crippen LogP contribution in [0.5, 0.6) is 0 Å². The standard InChI is InChI=1S/C16H20N2O3/c1-11-13(7-8-21-11)9-18-10-14(19)17-15(16(18)20)12-5-3-2-4-6-12/h2-6,11,13,15H,7-10H2,1H3,(H,17,19). The van der Waals surface area contributed by atoms with E-state index in [2.05, 4.69) is 5.32 Å². The Balaban J connectivity index is 1.75. The number of hydrogen-bond acceptors (Lipinski definition) is 3. The first-order chi connectivity index (χ1) is 10.1. The number of hydrogen-bond donors (Lipinski definition) is 1. The fourth-order valence-electron chi connectivity index (χ4n) is 3.03. The number of carbonyl (C=O) groups excluding carboxylic acids is 2. The summed E-state index contributed by atoms with van der Waals surface area (Å²) in [7, 11) is 0. The summed E-state index contributed by atoms with van der Waals surface area (Å²) in [6, 6.07) is 8.82. The van der Waals surface area contributed by atoms with E-state index in [0.29, 0.717) is 12.5 Å². The van der Waals surface area contributed by atoms with Gasteiger partial charge in [0, 0.05) is 19.1 Å². The highest BCUT2D eigenvalue weighted by Crippen LogP contribution is 2.25. The second kappa shape index (κ2) is 5.85. The Morgan fingerprint density at radius 2 is 2.05 bits per heavy atom. The van der Waals surface area contributed by atoms with Crippen LogP contribution in [-0.4, -0.2) is 42.5 Å². The minimum Gasteiger partial charge on any atom is -0.378 e. The molecule has 3 atom stereocenters. The zero-order chi connectivity index (χ0) is 14.8. The zero-order valence-corrected chi connectivity index (χ0v) is 12.1. The molecular formula is C16H20N2O3. The van der Waals surface area contributed by atoms with E-state index in [9.17, 15) is 9.59 Å². The van der Waals surface area contributed by atoms with Crippen molar-refractivity contribution in [1.29, 1.82) is 0 Å². The number of carbonyl (C=O) groups is 2. The van der Waals surface area contributed by atoms with Gasteiger partial charge in [-0.05, 0) is 18.9 Å². The van der Waals surface area contributed by atoms with E-state index in [-0.39, 0.29) is 24.5 Å². The fourth-order valence-corrected chi connectivity index (χ4v) is 3.03. The SMILES string of the molecule is CC1OCCC1CN1CC(=O)NC(c2ccccc2)C1=O. The van der Waals surface area contributed by atoms with Gasteiger partial charge in [-0.1, -0.05) is 30.3 Å². The third-order valence-corrected chi connectivity index (χ3v) is 4.32. The van der Waals surface area contributed by atoms with E-state index < -0.39 is 6.04 Å². The molecule has 0 aromatic heterocycles. The van der Waals surface area contributed by atoms with Gasteiger partial charge in [-0.2, -0.15) is 0 Å². The molecule has 2 fully saturated rings. The highest BCUT2D eigenvalue weighted by atomic mass is 16.5. The Kier molecular flexibility index (Phi) is 3.92. The summed E-state index contributed by atoms with van der Waals surface area (Å²) in [6.45, 7) is 3.51. The van der Waals surface area contributed by atoms with E-state index >= 15 is 0 Å². The average Bonchev–Trinajstić information content (AvgIpc) is 2.89. The highest BCUT2D eigenvalue weighted by molar-refractivity contribution is 5.95. The molecule has 1 aromatic rings. The van der Waals surface area contributed by atoms with Gasteiger partial charge in [-0.25, -0.2) is 0 Å². The second-order valence-corrected chi connectivity index (χ2v) is 5.75. The number of nitrogens with zero attached hydrogens (tertiary/aromatic N) is 1. The summed E-state index contributed by atoms with van der Waals surface area (Å²) in [5.41, 5.74) is 0.830. The fraction of sp³-hybridized carbons (Fsp3) is 0.500. The van der Waals surface area contributed by atoms with Crippen LogP contribution in [0.2, 0.25) is 0 Å². The Bertz CT molecular complexity index is 532. The van der Waals surface area contributed by atoms with Gasteiger partial charge in [0.25, 0.3) is 0 Å². The Hall–Kier alpha value is -1.88. The van der Waals surface area contributed by atoms with Crippen molar-refractivity contribution in [2.45, 2.75) is 25.5 Å². The molecule has 2 heterocycles. The lowest BCUT2D eigenvalue weighted by atomic mass is 9.99. The smallest absolute Gasteiger partial charge is 0.250 e. The molecule has 0 radical (unpaired) electrons. The Morgan fingerprint density at radius 3 is 2.71 bits per heavy atom. The van der Waals surface area contributed by atoms with Crippen molar-refractivity contribution >= 4 is 11.8 Å². The lowest BCUT2D eigenvalue weighted by Gasteiger charge is -2.34. The molecule has 3 rings (SSSR count). The van der Waals surface area contributed by atoms with Crippen molar-refractivity contribution in [2.75, 3.05) is 19.7 Å². The molecule has 3 unspecified atom stereocenters. The first-order valence-electron chi connectivity index (χ1n) is 7.40. The molecule has 2 saturated heterocycles. The molecule has 0 bridgehead atoms. The summed E-state index contributed by atoms with van der Waals surface area (Å²) >= 11 is 0. The van der Waals surface area contributed by atoms with E-state index in [0.717, 1.165) is 18.6 Å². The van der Waals surface area contributed by atoms with Gasteiger partial charge < -0.3 is 15.0 Å². The molecular weight excluding hydrogens is 268 g/mol. The van der Waals surface area contributed by atoms with Crippen LogP contribution in [0.3, 0.4) is 0 Å². The van der Waals surface area contributed by atoms with E-state index in [1.807, 2.05) is 37.3 Å². The first kappa shape index (κ1) is 14.1. The summed E-state index contributed by atoms with van der Waals surface area (Å²) < 4.78 is 5.54. The maximum absolute atomic E-state index is 12.6. The van der Waals surface area contributed by atoms with Gasteiger partial charge in [-0.15, -0.1) is 0 Å². The van der Waals surface area contributed by atoms with Crippen LogP contribution in [0, 0.1) is 5.92 Å². The third-order valence-electron chi connectivity index (χ3n) is 4.32. The van der Waals surface area contributed by atoms with Crippen LogP contribution in [0.4, 0.5) is 0 Å². The van der Waals surface area contributed by atoms with Gasteiger partial charge in [0.05, 0.1) is 12.6 Å². The Labute approximate surface area is 124 Å². The largest absolute Gasteiger partial charge is 0.378 e. The van der Waals surface area contributed by atoms with E-state index in [1.165, 1.54) is 0 Å². The quantitative estimate of drug-likeness (QED) is 0.906. The highest BCUT2D eigenvalue weighted by Gasteiger charge is 2.36. The second-order valence-electron chi connectivity index (χ2n) is 5.75. The van der Waals surface area contributed by atoms with Crippen LogP contribution < -0.4 is 5.32 Å². The van der Waals surface area contributed by atoms with Crippen molar-refractivity contribution in [3.63, 3.8) is 0 Å². The summed E-state index contributed by atoms with van der Waals surface area (Å²) in [5, 5.41) is 2.79. The normalized spacial score (nSPS) is 29.6. The molecule has 0 aliphatic carbocycles. The first-order valence-corrected chi connectivity index (χ1v) is 7.40. The van der Waals surface area contributed by atoms with Crippen molar-refractivity contribution in [1.82, 2.24) is 10.2 Å². The maximum atomic E-state index is 12.6. The molecule has 2 aliphatic heterocycles. The zero-order valence-electron chi connectivity index (χ0n) is 12.1. The summed E-state index contributed by atoms with van der Waals surface area (Å²) in [5.74, 6) is 0.186. The van der Waals surface area contributed by atoms with Crippen LogP contribution in [-0.2, 0) is 14.3 Å². The van der Waals surface area contributed by atoms with Gasteiger partial charge in [0.15, 0.2) is 0 Å². The van der Waals surface area contributed by atoms with Crippen LogP contribution >= 0.6 is 0 Å². The van der Waals surface area contributed by atoms with Crippen molar-refractivity contribution in [2.24, 2.45) is 5.92 Å². The van der Waals surface area contributed by atoms with Crippen molar-refractivity contribution < 1.29 is 14.3 Å². The maximum Gasteiger partial charge on any atom is 0.250 e. The molecule has 1 N–H and O–H groups in total. The topological polar surface area (TPSA) is 58.6 Å². The molecule has 2 aliphatic rings. The van der Waals surface area contributed by atoms with Gasteiger partial charge in [0.1, 0.15) is 6.04 Å². The monoisotopic (exact) mass is 288 g/mol. The van der Waals surface area contributed by atoms with Gasteiger partial charge in [0.2, 0.25) is 11.8 Å². The van der Waals surface area contributed by atoms with E-state index in [4.69, 9.17) is 4.74 Å².